The first kappa shape index (κ1) is 23.1. The molecule has 12 heteroatoms. The van der Waals surface area contributed by atoms with Gasteiger partial charge in [0.05, 0.1) is 26.4 Å². The maximum Gasteiger partial charge on any atom is 0.408 e. The van der Waals surface area contributed by atoms with E-state index in [1.54, 1.807) is 27.7 Å². The lowest BCUT2D eigenvalue weighted by atomic mass is 10.3. The van der Waals surface area contributed by atoms with Gasteiger partial charge in [-0.2, -0.15) is 0 Å². The smallest absolute Gasteiger partial charge is 0.408 e. The first-order chi connectivity index (χ1) is 12.4. The Balaban J connectivity index is 5.32. The van der Waals surface area contributed by atoms with Crippen LogP contribution in [0, 0.1) is 0 Å². The van der Waals surface area contributed by atoms with Gasteiger partial charge in [-0.3, -0.25) is 21.3 Å². The summed E-state index contributed by atoms with van der Waals surface area (Å²) < 4.78 is 19.0. The quantitative estimate of drug-likeness (QED) is 0.336. The number of alkyl carbamates (subject to hydrolysis) is 4. The Kier molecular flexibility index (Phi) is 11.9. The van der Waals surface area contributed by atoms with Crippen molar-refractivity contribution in [2.75, 3.05) is 26.4 Å². The zero-order chi connectivity index (χ0) is 19.9. The minimum atomic E-state index is -1.32. The molecule has 0 aliphatic rings. The lowest BCUT2D eigenvalue weighted by Crippen LogP contribution is -2.66. The molecule has 0 bridgehead atoms. The third-order valence-corrected chi connectivity index (χ3v) is 2.53. The lowest BCUT2D eigenvalue weighted by molar-refractivity contribution is 0.110. The summed E-state index contributed by atoms with van der Waals surface area (Å²) in [5, 5.41) is 9.15. The maximum atomic E-state index is 11.7. The highest BCUT2D eigenvalue weighted by atomic mass is 16.6. The molecule has 0 heterocycles. The molecule has 0 atom stereocenters. The maximum absolute atomic E-state index is 11.7. The number of rotatable bonds is 9. The van der Waals surface area contributed by atoms with E-state index in [1.807, 2.05) is 0 Å². The predicted octanol–water partition coefficient (Wildman–Crippen LogP) is 0.623. The fraction of sp³-hybridized carbons (Fsp3) is 0.714. The average molecular weight is 378 g/mol. The monoisotopic (exact) mass is 378 g/mol. The van der Waals surface area contributed by atoms with Crippen molar-refractivity contribution in [1.82, 2.24) is 21.3 Å². The van der Waals surface area contributed by atoms with E-state index in [0.29, 0.717) is 0 Å². The molecule has 0 aromatic heterocycles. The summed E-state index contributed by atoms with van der Waals surface area (Å²) in [6.07, 6.45) is -6.21. The number of carbonyl (C=O) groups excluding carboxylic acids is 4. The van der Waals surface area contributed by atoms with E-state index in [9.17, 15) is 19.2 Å². The molecule has 0 spiro atoms. The Morgan fingerprint density at radius 3 is 0.885 bits per heavy atom. The van der Waals surface area contributed by atoms with Crippen molar-refractivity contribution in [1.29, 1.82) is 0 Å². The Bertz CT molecular complexity index is 392. The van der Waals surface area contributed by atoms with E-state index in [-0.39, 0.29) is 26.4 Å². The number of carbonyl (C=O) groups is 4. The second-order valence-electron chi connectivity index (χ2n) is 4.41. The lowest BCUT2D eigenvalue weighted by Gasteiger charge is -2.28. The van der Waals surface area contributed by atoms with Crippen LogP contribution in [0.5, 0.6) is 0 Å². The van der Waals surface area contributed by atoms with E-state index >= 15 is 0 Å². The summed E-state index contributed by atoms with van der Waals surface area (Å²) >= 11 is 0. The molecule has 0 saturated heterocycles. The molecular weight excluding hydrogens is 352 g/mol. The molecule has 0 aliphatic heterocycles. The molecule has 0 aromatic rings. The largest absolute Gasteiger partial charge is 0.450 e. The standard InChI is InChI=1S/C14H26N4O8/c1-5-23-11(19)15-9(16-12(20)24-6-2)10(17-13(21)25-7-3)18-14(22)26-8-4/h9-10H,5-8H2,1-4H3,(H,15,19)(H,16,20)(H,17,21)(H,18,22). The molecule has 12 nitrogen and oxygen atoms in total. The van der Waals surface area contributed by atoms with E-state index < -0.39 is 36.7 Å². The minimum Gasteiger partial charge on any atom is -0.450 e. The van der Waals surface area contributed by atoms with Crippen molar-refractivity contribution in [2.24, 2.45) is 0 Å². The van der Waals surface area contributed by atoms with Gasteiger partial charge in [-0.05, 0) is 27.7 Å². The summed E-state index contributed by atoms with van der Waals surface area (Å²) in [4.78, 5) is 46.8. The third-order valence-electron chi connectivity index (χ3n) is 2.53. The highest BCUT2D eigenvalue weighted by molar-refractivity contribution is 5.74. The molecule has 150 valence electrons. The number of amides is 4. The van der Waals surface area contributed by atoms with Crippen LogP contribution in [-0.4, -0.2) is 63.1 Å². The fourth-order valence-corrected chi connectivity index (χ4v) is 1.60. The summed E-state index contributed by atoms with van der Waals surface area (Å²) in [5.41, 5.74) is 0. The molecule has 0 aromatic carbocycles. The molecular formula is C14H26N4O8. The Morgan fingerprint density at radius 2 is 0.731 bits per heavy atom. The van der Waals surface area contributed by atoms with Crippen LogP contribution in [-0.2, 0) is 18.9 Å². The number of ether oxygens (including phenoxy) is 4. The Morgan fingerprint density at radius 1 is 0.538 bits per heavy atom. The Labute approximate surface area is 151 Å². The SMILES string of the molecule is CCOC(=O)NC(NC(=O)OCC)C(NC(=O)OCC)NC(=O)OCC. The first-order valence-corrected chi connectivity index (χ1v) is 8.10. The van der Waals surface area contributed by atoms with E-state index in [4.69, 9.17) is 18.9 Å². The van der Waals surface area contributed by atoms with Gasteiger partial charge < -0.3 is 18.9 Å². The van der Waals surface area contributed by atoms with Gasteiger partial charge in [0, 0.05) is 0 Å². The van der Waals surface area contributed by atoms with Crippen molar-refractivity contribution < 1.29 is 38.1 Å². The van der Waals surface area contributed by atoms with Crippen molar-refractivity contribution in [2.45, 2.75) is 40.0 Å². The van der Waals surface area contributed by atoms with Crippen LogP contribution >= 0.6 is 0 Å². The topological polar surface area (TPSA) is 153 Å². The molecule has 0 saturated carbocycles. The van der Waals surface area contributed by atoms with Crippen LogP contribution in [0.2, 0.25) is 0 Å². The van der Waals surface area contributed by atoms with E-state index in [1.165, 1.54) is 0 Å². The van der Waals surface area contributed by atoms with Gasteiger partial charge in [-0.25, -0.2) is 19.2 Å². The molecule has 0 fully saturated rings. The van der Waals surface area contributed by atoms with Crippen molar-refractivity contribution in [3.05, 3.63) is 0 Å². The third kappa shape index (κ3) is 10.1. The van der Waals surface area contributed by atoms with Gasteiger partial charge in [0.25, 0.3) is 0 Å². The number of hydrogen-bond donors (Lipinski definition) is 4. The van der Waals surface area contributed by atoms with Crippen LogP contribution in [0.3, 0.4) is 0 Å². The van der Waals surface area contributed by atoms with Crippen LogP contribution in [0.15, 0.2) is 0 Å². The zero-order valence-electron chi connectivity index (χ0n) is 15.2. The zero-order valence-corrected chi connectivity index (χ0v) is 15.2. The van der Waals surface area contributed by atoms with Crippen LogP contribution in [0.25, 0.3) is 0 Å². The first-order valence-electron chi connectivity index (χ1n) is 8.10. The molecule has 0 radical (unpaired) electrons. The molecule has 26 heavy (non-hydrogen) atoms. The van der Waals surface area contributed by atoms with Gasteiger partial charge >= 0.3 is 24.4 Å². The van der Waals surface area contributed by atoms with Crippen molar-refractivity contribution >= 4 is 24.4 Å². The van der Waals surface area contributed by atoms with Crippen LogP contribution < -0.4 is 21.3 Å². The number of nitrogens with one attached hydrogen (secondary N) is 4. The van der Waals surface area contributed by atoms with Gasteiger partial charge in [0.1, 0.15) is 12.3 Å². The van der Waals surface area contributed by atoms with Gasteiger partial charge in [-0.15, -0.1) is 0 Å². The second kappa shape index (κ2) is 13.4. The average Bonchev–Trinajstić information content (AvgIpc) is 2.54. The highest BCUT2D eigenvalue weighted by Crippen LogP contribution is 1.95. The van der Waals surface area contributed by atoms with Gasteiger partial charge in [-0.1, -0.05) is 0 Å². The molecule has 0 unspecified atom stereocenters. The summed E-state index contributed by atoms with van der Waals surface area (Å²) in [7, 11) is 0. The molecule has 4 amide bonds. The van der Waals surface area contributed by atoms with Crippen molar-refractivity contribution in [3.8, 4) is 0 Å². The fourth-order valence-electron chi connectivity index (χ4n) is 1.60. The normalized spacial score (nSPS) is 9.92. The minimum absolute atomic E-state index is 0.0687. The number of hydrogen-bond acceptors (Lipinski definition) is 8. The van der Waals surface area contributed by atoms with Crippen LogP contribution in [0.4, 0.5) is 19.2 Å². The summed E-state index contributed by atoms with van der Waals surface area (Å²) in [6.45, 7) is 6.60. The molecule has 0 rings (SSSR count). The highest BCUT2D eigenvalue weighted by Gasteiger charge is 2.30. The van der Waals surface area contributed by atoms with E-state index in [0.717, 1.165) is 0 Å². The predicted molar refractivity (Wildman–Crippen MR) is 88.2 cm³/mol. The Hall–Kier alpha value is -2.92. The van der Waals surface area contributed by atoms with Crippen LogP contribution in [0.1, 0.15) is 27.7 Å². The molecule has 4 N–H and O–H groups in total. The summed E-state index contributed by atoms with van der Waals surface area (Å²) in [6, 6.07) is 0. The second-order valence-corrected chi connectivity index (χ2v) is 4.41. The van der Waals surface area contributed by atoms with Crippen molar-refractivity contribution in [3.63, 3.8) is 0 Å². The molecule has 0 aliphatic carbocycles. The van der Waals surface area contributed by atoms with Gasteiger partial charge in [0.2, 0.25) is 0 Å². The summed E-state index contributed by atoms with van der Waals surface area (Å²) in [5.74, 6) is 0. The van der Waals surface area contributed by atoms with Gasteiger partial charge in [0.15, 0.2) is 0 Å². The van der Waals surface area contributed by atoms with E-state index in [2.05, 4.69) is 21.3 Å².